The number of halogens is 4. The van der Waals surface area contributed by atoms with Crippen LogP contribution in [0.25, 0.3) is 17.4 Å². The number of amides is 1. The molecular formula is C21H12Cl4N2O2. The first-order valence-corrected chi connectivity index (χ1v) is 9.97. The average Bonchev–Trinajstić information content (AvgIpc) is 3.26. The van der Waals surface area contributed by atoms with Gasteiger partial charge in [-0.05, 0) is 61.5 Å². The third-order valence-electron chi connectivity index (χ3n) is 4.33. The molecule has 0 saturated heterocycles. The second kappa shape index (κ2) is 7.88. The van der Waals surface area contributed by atoms with Crippen molar-refractivity contribution < 1.29 is 9.21 Å². The molecule has 0 aliphatic carbocycles. The molecule has 1 amide bonds. The van der Waals surface area contributed by atoms with Crippen molar-refractivity contribution in [3.8, 4) is 11.3 Å². The van der Waals surface area contributed by atoms with Crippen LogP contribution in [0.2, 0.25) is 20.1 Å². The van der Waals surface area contributed by atoms with Gasteiger partial charge in [0.2, 0.25) is 0 Å². The number of nitrogens with zero attached hydrogens (tertiary/aromatic N) is 2. The fourth-order valence-corrected chi connectivity index (χ4v) is 3.44. The Morgan fingerprint density at radius 3 is 2.28 bits per heavy atom. The van der Waals surface area contributed by atoms with Crippen molar-refractivity contribution in [2.24, 2.45) is 5.10 Å². The van der Waals surface area contributed by atoms with Gasteiger partial charge in [-0.15, -0.1) is 0 Å². The van der Waals surface area contributed by atoms with Crippen LogP contribution < -0.4 is 5.01 Å². The molecule has 3 aromatic rings. The molecule has 2 aromatic carbocycles. The summed E-state index contributed by atoms with van der Waals surface area (Å²) in [5, 5.41) is 7.27. The van der Waals surface area contributed by atoms with E-state index in [9.17, 15) is 4.79 Å². The molecule has 1 aromatic heterocycles. The molecule has 0 saturated carbocycles. The van der Waals surface area contributed by atoms with Crippen LogP contribution in [0.4, 0.5) is 5.69 Å². The number of hydrogen-bond acceptors (Lipinski definition) is 3. The van der Waals surface area contributed by atoms with Crippen LogP contribution in [-0.4, -0.2) is 11.6 Å². The minimum atomic E-state index is -0.284. The second-order valence-electron chi connectivity index (χ2n) is 6.29. The van der Waals surface area contributed by atoms with Gasteiger partial charge in [0, 0.05) is 5.56 Å². The van der Waals surface area contributed by atoms with E-state index in [2.05, 4.69) is 5.10 Å². The topological polar surface area (TPSA) is 45.8 Å². The molecule has 0 atom stereocenters. The summed E-state index contributed by atoms with van der Waals surface area (Å²) in [6.07, 6.45) is 1.65. The van der Waals surface area contributed by atoms with Crippen molar-refractivity contribution in [1.29, 1.82) is 0 Å². The zero-order chi connectivity index (χ0) is 20.7. The minimum absolute atomic E-state index is 0.284. The van der Waals surface area contributed by atoms with Gasteiger partial charge >= 0.3 is 0 Å². The molecular weight excluding hydrogens is 454 g/mol. The number of furan rings is 1. The number of hydrogen-bond donors (Lipinski definition) is 0. The Morgan fingerprint density at radius 2 is 1.59 bits per heavy atom. The maximum atomic E-state index is 12.9. The van der Waals surface area contributed by atoms with Crippen LogP contribution >= 0.6 is 46.4 Å². The standard InChI is InChI=1S/C21H12Cl4N2O2/c1-11-15(21(28)27(26-11)13-3-6-17(23)19(25)9-13)10-14-4-7-20(29-14)12-2-5-16(22)18(24)8-12/h2-10H,1H3/b15-10-. The molecule has 2 heterocycles. The highest BCUT2D eigenvalue weighted by atomic mass is 35.5. The first-order chi connectivity index (χ1) is 13.8. The fourth-order valence-electron chi connectivity index (χ4n) is 2.85. The Bertz CT molecular complexity index is 1200. The Balaban J connectivity index is 1.63. The smallest absolute Gasteiger partial charge is 0.280 e. The van der Waals surface area contributed by atoms with E-state index in [1.165, 1.54) is 5.01 Å². The molecule has 1 aliphatic rings. The summed E-state index contributed by atoms with van der Waals surface area (Å²) in [5.74, 6) is 0.838. The van der Waals surface area contributed by atoms with Gasteiger partial charge in [0.15, 0.2) is 0 Å². The van der Waals surface area contributed by atoms with E-state index in [0.29, 0.717) is 48.6 Å². The third-order valence-corrected chi connectivity index (χ3v) is 5.81. The van der Waals surface area contributed by atoms with Gasteiger partial charge in [-0.2, -0.15) is 10.1 Å². The summed E-state index contributed by atoms with van der Waals surface area (Å²) in [4.78, 5) is 12.9. The molecule has 0 bridgehead atoms. The third kappa shape index (κ3) is 3.94. The number of benzene rings is 2. The van der Waals surface area contributed by atoms with Gasteiger partial charge in [0.05, 0.1) is 37.1 Å². The number of carbonyl (C=O) groups is 1. The minimum Gasteiger partial charge on any atom is -0.457 e. The summed E-state index contributed by atoms with van der Waals surface area (Å²) in [6.45, 7) is 1.75. The van der Waals surface area contributed by atoms with Crippen molar-refractivity contribution in [3.05, 3.63) is 80.0 Å². The van der Waals surface area contributed by atoms with Gasteiger partial charge < -0.3 is 4.42 Å². The van der Waals surface area contributed by atoms with Crippen LogP contribution in [-0.2, 0) is 4.79 Å². The molecule has 146 valence electrons. The van der Waals surface area contributed by atoms with E-state index < -0.39 is 0 Å². The highest BCUT2D eigenvalue weighted by molar-refractivity contribution is 6.42. The van der Waals surface area contributed by atoms with Crippen molar-refractivity contribution in [3.63, 3.8) is 0 Å². The largest absolute Gasteiger partial charge is 0.457 e. The molecule has 0 radical (unpaired) electrons. The van der Waals surface area contributed by atoms with E-state index >= 15 is 0 Å². The summed E-state index contributed by atoms with van der Waals surface area (Å²) < 4.78 is 5.86. The van der Waals surface area contributed by atoms with Gasteiger partial charge in [0.25, 0.3) is 5.91 Å². The Hall–Kier alpha value is -2.24. The quantitative estimate of drug-likeness (QED) is 0.379. The lowest BCUT2D eigenvalue weighted by Crippen LogP contribution is -2.21. The zero-order valence-corrected chi connectivity index (χ0v) is 17.9. The average molecular weight is 466 g/mol. The Labute approximate surface area is 186 Å². The lowest BCUT2D eigenvalue weighted by Gasteiger charge is -2.12. The maximum absolute atomic E-state index is 12.9. The summed E-state index contributed by atoms with van der Waals surface area (Å²) >= 11 is 24.0. The van der Waals surface area contributed by atoms with E-state index in [4.69, 9.17) is 50.8 Å². The summed E-state index contributed by atoms with van der Waals surface area (Å²) in [6, 6.07) is 13.7. The highest BCUT2D eigenvalue weighted by Gasteiger charge is 2.29. The molecule has 4 rings (SSSR count). The normalized spacial score (nSPS) is 15.3. The molecule has 8 heteroatoms. The SMILES string of the molecule is CC1=NN(c2ccc(Cl)c(Cl)c2)C(=O)/C1=C\c1ccc(-c2ccc(Cl)c(Cl)c2)o1. The molecule has 0 fully saturated rings. The van der Waals surface area contributed by atoms with Crippen LogP contribution in [0, 0.1) is 0 Å². The molecule has 4 nitrogen and oxygen atoms in total. The molecule has 0 N–H and O–H groups in total. The van der Waals surface area contributed by atoms with Crippen LogP contribution in [0.3, 0.4) is 0 Å². The fraction of sp³-hybridized carbons (Fsp3) is 0.0476. The molecule has 0 unspecified atom stereocenters. The van der Waals surface area contributed by atoms with E-state index in [-0.39, 0.29) is 5.91 Å². The monoisotopic (exact) mass is 464 g/mol. The Morgan fingerprint density at radius 1 is 0.897 bits per heavy atom. The summed E-state index contributed by atoms with van der Waals surface area (Å²) in [7, 11) is 0. The van der Waals surface area contributed by atoms with Crippen LogP contribution in [0.5, 0.6) is 0 Å². The van der Waals surface area contributed by atoms with Crippen molar-refractivity contribution in [1.82, 2.24) is 0 Å². The number of hydrazone groups is 1. The van der Waals surface area contributed by atoms with Gasteiger partial charge in [-0.1, -0.05) is 46.4 Å². The zero-order valence-electron chi connectivity index (χ0n) is 14.9. The first kappa shape index (κ1) is 20.0. The predicted molar refractivity (Wildman–Crippen MR) is 119 cm³/mol. The lowest BCUT2D eigenvalue weighted by atomic mass is 10.1. The first-order valence-electron chi connectivity index (χ1n) is 8.45. The molecule has 1 aliphatic heterocycles. The van der Waals surface area contributed by atoms with E-state index in [1.807, 2.05) is 6.07 Å². The molecule has 0 spiro atoms. The van der Waals surface area contributed by atoms with Gasteiger partial charge in [0.1, 0.15) is 11.5 Å². The number of anilines is 1. The van der Waals surface area contributed by atoms with E-state index in [0.717, 1.165) is 5.56 Å². The Kier molecular flexibility index (Phi) is 5.45. The van der Waals surface area contributed by atoms with Gasteiger partial charge in [-0.25, -0.2) is 0 Å². The van der Waals surface area contributed by atoms with Crippen LogP contribution in [0.15, 0.2) is 63.6 Å². The summed E-state index contributed by atoms with van der Waals surface area (Å²) in [5.41, 5.74) is 2.30. The van der Waals surface area contributed by atoms with Crippen molar-refractivity contribution >= 4 is 69.8 Å². The van der Waals surface area contributed by atoms with E-state index in [1.54, 1.807) is 55.5 Å². The number of carbonyl (C=O) groups excluding carboxylic acids is 1. The maximum Gasteiger partial charge on any atom is 0.280 e. The second-order valence-corrected chi connectivity index (χ2v) is 7.92. The van der Waals surface area contributed by atoms with Crippen molar-refractivity contribution in [2.45, 2.75) is 6.92 Å². The van der Waals surface area contributed by atoms with Crippen LogP contribution in [0.1, 0.15) is 12.7 Å². The lowest BCUT2D eigenvalue weighted by molar-refractivity contribution is -0.114. The van der Waals surface area contributed by atoms with Gasteiger partial charge in [-0.3, -0.25) is 4.79 Å². The molecule has 29 heavy (non-hydrogen) atoms. The number of rotatable bonds is 3. The highest BCUT2D eigenvalue weighted by Crippen LogP contribution is 2.32. The predicted octanol–water partition coefficient (Wildman–Crippen LogP) is 7.37. The van der Waals surface area contributed by atoms with Crippen molar-refractivity contribution in [2.75, 3.05) is 5.01 Å².